The Morgan fingerprint density at radius 2 is 2.13 bits per heavy atom. The van der Waals surface area contributed by atoms with Gasteiger partial charge < -0.3 is 5.32 Å². The van der Waals surface area contributed by atoms with Crippen LogP contribution in [0.2, 0.25) is 0 Å². The molecule has 0 saturated carbocycles. The smallest absolute Gasteiger partial charge is 0.275 e. The van der Waals surface area contributed by atoms with E-state index in [-0.39, 0.29) is 5.91 Å². The highest BCUT2D eigenvalue weighted by atomic mass is 19.1. The van der Waals surface area contributed by atoms with Gasteiger partial charge in [0.2, 0.25) is 0 Å². The monoisotopic (exact) mass is 312 g/mol. The van der Waals surface area contributed by atoms with Crippen molar-refractivity contribution in [3.05, 3.63) is 59.4 Å². The molecule has 3 rings (SSSR count). The van der Waals surface area contributed by atoms with E-state index in [1.54, 1.807) is 4.40 Å². The van der Waals surface area contributed by atoms with Crippen LogP contribution in [0.5, 0.6) is 0 Å². The minimum absolute atomic E-state index is 0.300. The summed E-state index contributed by atoms with van der Waals surface area (Å²) in [6.07, 6.45) is 4.55. The molecular weight excluding hydrogens is 295 g/mol. The number of amides is 1. The fraction of sp³-hybridized carbons (Fsp3) is 0.235. The lowest BCUT2D eigenvalue weighted by Gasteiger charge is -2.06. The molecule has 0 spiro atoms. The Kier molecular flexibility index (Phi) is 4.06. The number of halogens is 1. The van der Waals surface area contributed by atoms with Gasteiger partial charge in [0, 0.05) is 6.20 Å². The maximum Gasteiger partial charge on any atom is 0.275 e. The van der Waals surface area contributed by atoms with Crippen LogP contribution in [-0.4, -0.2) is 20.3 Å². The molecule has 0 radical (unpaired) electrons. The summed E-state index contributed by atoms with van der Waals surface area (Å²) in [7, 11) is 0. The standard InChI is InChI=1S/C17H17FN4O/c1-3-4-13-16(22-10-11(2)5-8-15(22)20-13)17(23)21-14-7-6-12(18)9-19-14/h5-10H,3-4H2,1-2H3,(H,19,21,23). The largest absolute Gasteiger partial charge is 0.305 e. The van der Waals surface area contributed by atoms with Crippen LogP contribution < -0.4 is 5.32 Å². The number of aryl methyl sites for hydroxylation is 2. The van der Waals surface area contributed by atoms with Crippen LogP contribution in [0.1, 0.15) is 35.1 Å². The first kappa shape index (κ1) is 15.1. The van der Waals surface area contributed by atoms with E-state index in [2.05, 4.69) is 15.3 Å². The Morgan fingerprint density at radius 1 is 1.30 bits per heavy atom. The topological polar surface area (TPSA) is 59.3 Å². The lowest BCUT2D eigenvalue weighted by atomic mass is 10.2. The molecule has 3 aromatic rings. The van der Waals surface area contributed by atoms with Crippen molar-refractivity contribution in [3.8, 4) is 0 Å². The molecule has 3 heterocycles. The molecule has 0 aliphatic carbocycles. The lowest BCUT2D eigenvalue weighted by Crippen LogP contribution is -2.17. The van der Waals surface area contributed by atoms with Gasteiger partial charge in [-0.3, -0.25) is 9.20 Å². The average Bonchev–Trinajstić information content (AvgIpc) is 2.87. The molecule has 0 aromatic carbocycles. The zero-order valence-corrected chi connectivity index (χ0v) is 13.0. The third-order valence-corrected chi connectivity index (χ3v) is 3.51. The van der Waals surface area contributed by atoms with E-state index in [0.29, 0.717) is 17.9 Å². The number of pyridine rings is 2. The highest BCUT2D eigenvalue weighted by molar-refractivity contribution is 6.04. The fourth-order valence-corrected chi connectivity index (χ4v) is 2.48. The predicted molar refractivity (Wildman–Crippen MR) is 86.1 cm³/mol. The van der Waals surface area contributed by atoms with Gasteiger partial charge in [0.1, 0.15) is 23.0 Å². The zero-order chi connectivity index (χ0) is 16.4. The predicted octanol–water partition coefficient (Wildman–Crippen LogP) is 3.38. The summed E-state index contributed by atoms with van der Waals surface area (Å²) in [6.45, 7) is 4.00. The lowest BCUT2D eigenvalue weighted by molar-refractivity contribution is 0.102. The molecule has 0 fully saturated rings. The van der Waals surface area contributed by atoms with Crippen molar-refractivity contribution in [1.82, 2.24) is 14.4 Å². The number of anilines is 1. The quantitative estimate of drug-likeness (QED) is 0.803. The summed E-state index contributed by atoms with van der Waals surface area (Å²) < 4.78 is 14.7. The highest BCUT2D eigenvalue weighted by Gasteiger charge is 2.19. The van der Waals surface area contributed by atoms with Gasteiger partial charge in [0.15, 0.2) is 0 Å². The molecule has 0 saturated heterocycles. The van der Waals surface area contributed by atoms with Crippen molar-refractivity contribution < 1.29 is 9.18 Å². The van der Waals surface area contributed by atoms with Gasteiger partial charge in [-0.05, 0) is 37.1 Å². The minimum atomic E-state index is -0.444. The van der Waals surface area contributed by atoms with Gasteiger partial charge in [0.25, 0.3) is 5.91 Å². The van der Waals surface area contributed by atoms with Gasteiger partial charge in [-0.1, -0.05) is 19.4 Å². The van der Waals surface area contributed by atoms with E-state index in [1.165, 1.54) is 12.1 Å². The number of nitrogens with one attached hydrogen (secondary N) is 1. The van der Waals surface area contributed by atoms with Crippen molar-refractivity contribution in [2.75, 3.05) is 5.32 Å². The summed E-state index contributed by atoms with van der Waals surface area (Å²) in [5, 5.41) is 2.70. The van der Waals surface area contributed by atoms with E-state index in [0.717, 1.165) is 29.5 Å². The molecule has 6 heteroatoms. The molecule has 0 unspecified atom stereocenters. The minimum Gasteiger partial charge on any atom is -0.305 e. The number of fused-ring (bicyclic) bond motifs is 1. The Bertz CT molecular complexity index is 855. The molecule has 0 bridgehead atoms. The number of aromatic nitrogens is 3. The van der Waals surface area contributed by atoms with Gasteiger partial charge in [0.05, 0.1) is 11.9 Å². The number of hydrogen-bond donors (Lipinski definition) is 1. The van der Waals surface area contributed by atoms with Gasteiger partial charge in [-0.15, -0.1) is 0 Å². The number of nitrogens with zero attached hydrogens (tertiary/aromatic N) is 3. The molecule has 0 aliphatic heterocycles. The summed E-state index contributed by atoms with van der Waals surface area (Å²) in [5.41, 5.74) is 3.01. The number of hydrogen-bond acceptors (Lipinski definition) is 3. The molecule has 5 nitrogen and oxygen atoms in total. The zero-order valence-electron chi connectivity index (χ0n) is 13.0. The first-order valence-corrected chi connectivity index (χ1v) is 7.49. The second-order valence-electron chi connectivity index (χ2n) is 5.41. The number of carbonyl (C=O) groups is 1. The Labute approximate surface area is 133 Å². The van der Waals surface area contributed by atoms with Crippen molar-refractivity contribution in [3.63, 3.8) is 0 Å². The van der Waals surface area contributed by atoms with E-state index < -0.39 is 5.82 Å². The number of rotatable bonds is 4. The summed E-state index contributed by atoms with van der Waals surface area (Å²) in [4.78, 5) is 21.1. The molecule has 3 aromatic heterocycles. The fourth-order valence-electron chi connectivity index (χ4n) is 2.48. The first-order valence-electron chi connectivity index (χ1n) is 7.49. The van der Waals surface area contributed by atoms with Crippen LogP contribution in [0.25, 0.3) is 5.65 Å². The van der Waals surface area contributed by atoms with Crippen molar-refractivity contribution in [2.24, 2.45) is 0 Å². The van der Waals surface area contributed by atoms with Crippen molar-refractivity contribution in [2.45, 2.75) is 26.7 Å². The van der Waals surface area contributed by atoms with Gasteiger partial charge >= 0.3 is 0 Å². The first-order chi connectivity index (χ1) is 11.1. The summed E-state index contributed by atoms with van der Waals surface area (Å²) >= 11 is 0. The Balaban J connectivity index is 2.02. The number of carbonyl (C=O) groups excluding carboxylic acids is 1. The van der Waals surface area contributed by atoms with E-state index >= 15 is 0 Å². The second kappa shape index (κ2) is 6.16. The SMILES string of the molecule is CCCc1nc2ccc(C)cn2c1C(=O)Nc1ccc(F)cn1. The molecular formula is C17H17FN4O. The Hall–Kier alpha value is -2.76. The summed E-state index contributed by atoms with van der Waals surface area (Å²) in [6, 6.07) is 6.54. The highest BCUT2D eigenvalue weighted by Crippen LogP contribution is 2.17. The Morgan fingerprint density at radius 3 is 2.83 bits per heavy atom. The van der Waals surface area contributed by atoms with Crippen LogP contribution in [0, 0.1) is 12.7 Å². The maximum atomic E-state index is 12.9. The maximum absolute atomic E-state index is 12.9. The third-order valence-electron chi connectivity index (χ3n) is 3.51. The van der Waals surface area contributed by atoms with Crippen LogP contribution >= 0.6 is 0 Å². The third kappa shape index (κ3) is 3.06. The van der Waals surface area contributed by atoms with Gasteiger partial charge in [-0.25, -0.2) is 14.4 Å². The molecule has 0 aliphatic rings. The molecule has 0 atom stereocenters. The molecule has 23 heavy (non-hydrogen) atoms. The van der Waals surface area contributed by atoms with Crippen LogP contribution in [0.3, 0.4) is 0 Å². The normalized spacial score (nSPS) is 10.9. The van der Waals surface area contributed by atoms with Crippen LogP contribution in [-0.2, 0) is 6.42 Å². The molecule has 1 N–H and O–H groups in total. The summed E-state index contributed by atoms with van der Waals surface area (Å²) in [5.74, 6) is -0.438. The van der Waals surface area contributed by atoms with E-state index in [1.807, 2.05) is 32.2 Å². The van der Waals surface area contributed by atoms with E-state index in [9.17, 15) is 9.18 Å². The molecule has 1 amide bonds. The van der Waals surface area contributed by atoms with Crippen molar-refractivity contribution in [1.29, 1.82) is 0 Å². The van der Waals surface area contributed by atoms with E-state index in [4.69, 9.17) is 0 Å². The van der Waals surface area contributed by atoms with Crippen LogP contribution in [0.4, 0.5) is 10.2 Å². The molecule has 118 valence electrons. The number of imidazole rings is 1. The van der Waals surface area contributed by atoms with Crippen LogP contribution in [0.15, 0.2) is 36.7 Å². The van der Waals surface area contributed by atoms with Crippen molar-refractivity contribution >= 4 is 17.4 Å². The van der Waals surface area contributed by atoms with Gasteiger partial charge in [-0.2, -0.15) is 0 Å². The second-order valence-corrected chi connectivity index (χ2v) is 5.41. The average molecular weight is 312 g/mol.